The van der Waals surface area contributed by atoms with Gasteiger partial charge in [0, 0.05) is 11.5 Å². The number of rotatable bonds is 4. The third kappa shape index (κ3) is 3.05. The second-order valence-corrected chi connectivity index (χ2v) is 5.13. The van der Waals surface area contributed by atoms with Gasteiger partial charge in [-0.05, 0) is 31.0 Å². The van der Waals surface area contributed by atoms with E-state index in [9.17, 15) is 4.79 Å². The normalized spacial score (nSPS) is 12.2. The Kier molecular flexibility index (Phi) is 4.39. The number of Topliss-reactive ketones (excluding diaryl/α,β-unsaturated/α-hetero) is 1. The van der Waals surface area contributed by atoms with Gasteiger partial charge in [0.05, 0.1) is 5.02 Å². The van der Waals surface area contributed by atoms with Gasteiger partial charge < -0.3 is 0 Å². The first kappa shape index (κ1) is 13.8. The van der Waals surface area contributed by atoms with E-state index in [2.05, 4.69) is 0 Å². The lowest BCUT2D eigenvalue weighted by atomic mass is 9.88. The van der Waals surface area contributed by atoms with Crippen LogP contribution < -0.4 is 0 Å². The van der Waals surface area contributed by atoms with Crippen LogP contribution in [0.15, 0.2) is 48.5 Å². The molecule has 19 heavy (non-hydrogen) atoms. The van der Waals surface area contributed by atoms with Crippen molar-refractivity contribution in [3.8, 4) is 0 Å². The minimum Gasteiger partial charge on any atom is -0.293 e. The number of halogens is 1. The van der Waals surface area contributed by atoms with Gasteiger partial charge in [-0.25, -0.2) is 0 Å². The highest BCUT2D eigenvalue weighted by atomic mass is 35.5. The average Bonchev–Trinajstić information content (AvgIpc) is 2.43. The smallest absolute Gasteiger partial charge is 0.171 e. The molecule has 0 aromatic heterocycles. The highest BCUT2D eigenvalue weighted by Crippen LogP contribution is 2.28. The fraction of sp³-hybridized carbons (Fsp3) is 0.235. The van der Waals surface area contributed by atoms with Gasteiger partial charge in [0.1, 0.15) is 0 Å². The van der Waals surface area contributed by atoms with Crippen molar-refractivity contribution in [2.24, 2.45) is 0 Å². The quantitative estimate of drug-likeness (QED) is 0.714. The summed E-state index contributed by atoms with van der Waals surface area (Å²) in [5, 5.41) is 0.532. The van der Waals surface area contributed by atoms with Crippen LogP contribution in [0.3, 0.4) is 0 Å². The number of hydrogen-bond acceptors (Lipinski definition) is 1. The second kappa shape index (κ2) is 6.03. The zero-order valence-electron chi connectivity index (χ0n) is 11.2. The molecule has 0 saturated carbocycles. The van der Waals surface area contributed by atoms with E-state index in [0.29, 0.717) is 10.6 Å². The average molecular weight is 273 g/mol. The van der Waals surface area contributed by atoms with Crippen molar-refractivity contribution in [1.82, 2.24) is 0 Å². The van der Waals surface area contributed by atoms with Crippen molar-refractivity contribution >= 4 is 17.4 Å². The maximum atomic E-state index is 12.7. The second-order valence-electron chi connectivity index (χ2n) is 4.72. The van der Waals surface area contributed by atoms with E-state index >= 15 is 0 Å². The summed E-state index contributed by atoms with van der Waals surface area (Å²) >= 11 is 6.16. The van der Waals surface area contributed by atoms with Crippen molar-refractivity contribution in [1.29, 1.82) is 0 Å². The molecule has 0 heterocycles. The molecule has 98 valence electrons. The van der Waals surface area contributed by atoms with Crippen LogP contribution in [-0.2, 0) is 0 Å². The molecule has 2 aromatic rings. The lowest BCUT2D eigenvalue weighted by Crippen LogP contribution is -2.13. The molecule has 0 aliphatic rings. The molecule has 0 fully saturated rings. The molecule has 0 aliphatic heterocycles. The van der Waals surface area contributed by atoms with E-state index in [-0.39, 0.29) is 11.7 Å². The topological polar surface area (TPSA) is 17.1 Å². The van der Waals surface area contributed by atoms with E-state index in [0.717, 1.165) is 17.5 Å². The molecule has 0 spiro atoms. The Balaban J connectivity index is 2.39. The van der Waals surface area contributed by atoms with Crippen LogP contribution in [0.1, 0.15) is 40.7 Å². The molecule has 0 radical (unpaired) electrons. The SMILES string of the molecule is CCC(C(=O)c1cc(C)ccc1Cl)c1ccccc1. The maximum Gasteiger partial charge on any atom is 0.171 e. The molecule has 0 N–H and O–H groups in total. The van der Waals surface area contributed by atoms with Gasteiger partial charge in [-0.15, -0.1) is 0 Å². The van der Waals surface area contributed by atoms with E-state index in [4.69, 9.17) is 11.6 Å². The molecular weight excluding hydrogens is 256 g/mol. The predicted molar refractivity (Wildman–Crippen MR) is 80.0 cm³/mol. The Bertz CT molecular complexity index is 575. The zero-order valence-corrected chi connectivity index (χ0v) is 11.9. The van der Waals surface area contributed by atoms with Crippen molar-refractivity contribution in [2.45, 2.75) is 26.2 Å². The molecule has 0 amide bonds. The van der Waals surface area contributed by atoms with Crippen LogP contribution >= 0.6 is 11.6 Å². The molecule has 0 aliphatic carbocycles. The Morgan fingerprint density at radius 2 is 1.84 bits per heavy atom. The molecule has 1 unspecified atom stereocenters. The van der Waals surface area contributed by atoms with E-state index in [1.165, 1.54) is 0 Å². The summed E-state index contributed by atoms with van der Waals surface area (Å²) < 4.78 is 0. The van der Waals surface area contributed by atoms with Gasteiger partial charge >= 0.3 is 0 Å². The van der Waals surface area contributed by atoms with Crippen LogP contribution in [0.2, 0.25) is 5.02 Å². The zero-order chi connectivity index (χ0) is 13.8. The molecule has 0 saturated heterocycles. The van der Waals surface area contributed by atoms with Gasteiger partial charge in [-0.3, -0.25) is 4.79 Å². The number of aryl methyl sites for hydroxylation is 1. The largest absolute Gasteiger partial charge is 0.293 e. The number of carbonyl (C=O) groups excluding carboxylic acids is 1. The van der Waals surface area contributed by atoms with Crippen LogP contribution in [0.4, 0.5) is 0 Å². The van der Waals surface area contributed by atoms with Gasteiger partial charge in [-0.2, -0.15) is 0 Å². The first-order chi connectivity index (χ1) is 9.13. The molecule has 0 bridgehead atoms. The van der Waals surface area contributed by atoms with Crippen LogP contribution in [0.25, 0.3) is 0 Å². The van der Waals surface area contributed by atoms with E-state index < -0.39 is 0 Å². The summed E-state index contributed by atoms with van der Waals surface area (Å²) in [6, 6.07) is 15.5. The van der Waals surface area contributed by atoms with Gasteiger partial charge in [0.15, 0.2) is 5.78 Å². The molecular formula is C17H17ClO. The van der Waals surface area contributed by atoms with Gasteiger partial charge in [0.2, 0.25) is 0 Å². The van der Waals surface area contributed by atoms with Crippen molar-refractivity contribution in [3.05, 3.63) is 70.2 Å². The Hall–Kier alpha value is -1.60. The fourth-order valence-corrected chi connectivity index (χ4v) is 2.48. The monoisotopic (exact) mass is 272 g/mol. The number of hydrogen-bond donors (Lipinski definition) is 0. The van der Waals surface area contributed by atoms with Gasteiger partial charge in [-0.1, -0.05) is 60.5 Å². The van der Waals surface area contributed by atoms with Crippen molar-refractivity contribution in [3.63, 3.8) is 0 Å². The van der Waals surface area contributed by atoms with Crippen LogP contribution in [-0.4, -0.2) is 5.78 Å². The van der Waals surface area contributed by atoms with Crippen LogP contribution in [0, 0.1) is 6.92 Å². The Morgan fingerprint density at radius 1 is 1.16 bits per heavy atom. The third-order valence-corrected chi connectivity index (χ3v) is 3.64. The number of ketones is 1. The minimum absolute atomic E-state index is 0.0994. The summed E-state index contributed by atoms with van der Waals surface area (Å²) in [4.78, 5) is 12.7. The minimum atomic E-state index is -0.125. The third-order valence-electron chi connectivity index (χ3n) is 3.31. The van der Waals surface area contributed by atoms with E-state index in [1.54, 1.807) is 6.07 Å². The lowest BCUT2D eigenvalue weighted by molar-refractivity contribution is 0.0957. The first-order valence-corrected chi connectivity index (χ1v) is 6.86. The maximum absolute atomic E-state index is 12.7. The van der Waals surface area contributed by atoms with Gasteiger partial charge in [0.25, 0.3) is 0 Å². The first-order valence-electron chi connectivity index (χ1n) is 6.48. The molecule has 2 heteroatoms. The lowest BCUT2D eigenvalue weighted by Gasteiger charge is -2.15. The summed E-state index contributed by atoms with van der Waals surface area (Å²) in [6.07, 6.45) is 0.771. The fourth-order valence-electron chi connectivity index (χ4n) is 2.27. The highest BCUT2D eigenvalue weighted by Gasteiger charge is 2.22. The summed E-state index contributed by atoms with van der Waals surface area (Å²) in [5.41, 5.74) is 2.72. The molecule has 1 atom stereocenters. The highest BCUT2D eigenvalue weighted by molar-refractivity contribution is 6.34. The standard InChI is InChI=1S/C17H17ClO/c1-3-14(13-7-5-4-6-8-13)17(19)15-11-12(2)9-10-16(15)18/h4-11,14H,3H2,1-2H3. The summed E-state index contributed by atoms with van der Waals surface area (Å²) in [7, 11) is 0. The Morgan fingerprint density at radius 3 is 2.47 bits per heavy atom. The van der Waals surface area contributed by atoms with E-state index in [1.807, 2.05) is 56.3 Å². The number of benzene rings is 2. The van der Waals surface area contributed by atoms with Crippen molar-refractivity contribution in [2.75, 3.05) is 0 Å². The molecule has 2 rings (SSSR count). The summed E-state index contributed by atoms with van der Waals surface area (Å²) in [5.74, 6) is -0.0251. The Labute approximate surface area is 119 Å². The van der Waals surface area contributed by atoms with Crippen LogP contribution in [0.5, 0.6) is 0 Å². The molecule has 2 aromatic carbocycles. The summed E-state index contributed by atoms with van der Waals surface area (Å²) in [6.45, 7) is 4.00. The molecule has 1 nitrogen and oxygen atoms in total. The predicted octanol–water partition coefficient (Wildman–Crippen LogP) is 5.02. The number of carbonyl (C=O) groups is 1. The van der Waals surface area contributed by atoms with Crippen molar-refractivity contribution < 1.29 is 4.79 Å².